The normalized spacial score (nSPS) is 11.1. The molecule has 0 aliphatic carbocycles. The smallest absolute Gasteiger partial charge is 0.335 e. The Morgan fingerprint density at radius 3 is 1.81 bits per heavy atom. The third kappa shape index (κ3) is 3.73. The third-order valence-corrected chi connectivity index (χ3v) is 5.99. The molecule has 0 saturated heterocycles. The second-order valence-electron chi connectivity index (χ2n) is 5.42. The highest BCUT2D eigenvalue weighted by atomic mass is 127. The maximum Gasteiger partial charge on any atom is 0.335 e. The average Bonchev–Trinajstić information content (AvgIpc) is 2.63. The molecule has 5 nitrogen and oxygen atoms in total. The van der Waals surface area contributed by atoms with Gasteiger partial charge in [-0.05, 0) is 65.1 Å². The van der Waals surface area contributed by atoms with Crippen molar-refractivity contribution in [2.45, 2.75) is 4.90 Å². The lowest BCUT2D eigenvalue weighted by Gasteiger charge is -2.25. The molecule has 132 valence electrons. The van der Waals surface area contributed by atoms with Crippen LogP contribution in [0.25, 0.3) is 0 Å². The number of halogens is 1. The lowest BCUT2D eigenvalue weighted by Crippen LogP contribution is -2.26. The van der Waals surface area contributed by atoms with E-state index >= 15 is 0 Å². The molecule has 3 rings (SSSR count). The molecule has 0 aromatic heterocycles. The van der Waals surface area contributed by atoms with Crippen LogP contribution in [-0.4, -0.2) is 19.5 Å². The molecule has 0 atom stereocenters. The molecular weight excluding hydrogens is 465 g/mol. The van der Waals surface area contributed by atoms with E-state index in [-0.39, 0.29) is 10.5 Å². The largest absolute Gasteiger partial charge is 0.478 e. The number of carboxylic acid groups (broad SMARTS) is 1. The van der Waals surface area contributed by atoms with Crippen molar-refractivity contribution in [3.63, 3.8) is 0 Å². The molecule has 26 heavy (non-hydrogen) atoms. The molecule has 3 aromatic rings. The number of hydrogen-bond donors (Lipinski definition) is 1. The van der Waals surface area contributed by atoms with Gasteiger partial charge in [0.25, 0.3) is 10.0 Å². The van der Waals surface area contributed by atoms with E-state index in [0.29, 0.717) is 14.9 Å². The molecule has 0 aliphatic rings. The lowest BCUT2D eigenvalue weighted by atomic mass is 10.2. The number of nitrogens with zero attached hydrogens (tertiary/aromatic N) is 1. The van der Waals surface area contributed by atoms with E-state index < -0.39 is 16.0 Å². The molecule has 0 unspecified atom stereocenters. The van der Waals surface area contributed by atoms with Crippen LogP contribution in [0.1, 0.15) is 10.4 Å². The Balaban J connectivity index is 2.22. The van der Waals surface area contributed by atoms with Crippen LogP contribution >= 0.6 is 22.6 Å². The number of carboxylic acids is 1. The van der Waals surface area contributed by atoms with Crippen LogP contribution in [-0.2, 0) is 10.0 Å². The molecule has 7 heteroatoms. The van der Waals surface area contributed by atoms with Crippen LogP contribution in [0.2, 0.25) is 0 Å². The standard InChI is InChI=1S/C19H14INO4S/c20-15-11-14(19(22)23)12-18(13-15)26(24,25)21(16-7-3-1-4-8-16)17-9-5-2-6-10-17/h1-13H,(H,22,23). The first-order valence-corrected chi connectivity index (χ1v) is 10.1. The van der Waals surface area contributed by atoms with E-state index in [4.69, 9.17) is 0 Å². The Morgan fingerprint density at radius 1 is 0.846 bits per heavy atom. The third-order valence-electron chi connectivity index (χ3n) is 3.64. The SMILES string of the molecule is O=C(O)c1cc(I)cc(S(=O)(=O)N(c2ccccc2)c2ccccc2)c1. The van der Waals surface area contributed by atoms with Crippen LogP contribution in [0.5, 0.6) is 0 Å². The minimum absolute atomic E-state index is 0.0726. The highest BCUT2D eigenvalue weighted by Crippen LogP contribution is 2.32. The van der Waals surface area contributed by atoms with Crippen molar-refractivity contribution in [3.05, 3.63) is 88.0 Å². The van der Waals surface area contributed by atoms with Crippen molar-refractivity contribution < 1.29 is 18.3 Å². The summed E-state index contributed by atoms with van der Waals surface area (Å²) in [5.74, 6) is -1.18. The Labute approximate surface area is 165 Å². The van der Waals surface area contributed by atoms with E-state index in [9.17, 15) is 18.3 Å². The van der Waals surface area contributed by atoms with Crippen LogP contribution in [0.4, 0.5) is 11.4 Å². The average molecular weight is 479 g/mol. The summed E-state index contributed by atoms with van der Waals surface area (Å²) in [5, 5.41) is 9.26. The predicted octanol–water partition coefficient (Wildman–Crippen LogP) is 4.52. The summed E-state index contributed by atoms with van der Waals surface area (Å²) < 4.78 is 28.5. The summed E-state index contributed by atoms with van der Waals surface area (Å²) in [6, 6.07) is 21.4. The molecule has 1 N–H and O–H groups in total. The van der Waals surface area contributed by atoms with E-state index in [0.717, 1.165) is 0 Å². The van der Waals surface area contributed by atoms with Gasteiger partial charge >= 0.3 is 5.97 Å². The zero-order valence-corrected chi connectivity index (χ0v) is 16.4. The minimum Gasteiger partial charge on any atom is -0.478 e. The highest BCUT2D eigenvalue weighted by molar-refractivity contribution is 14.1. The molecule has 0 aliphatic heterocycles. The van der Waals surface area contributed by atoms with Gasteiger partial charge in [-0.25, -0.2) is 17.5 Å². The van der Waals surface area contributed by atoms with Crippen molar-refractivity contribution in [2.24, 2.45) is 0 Å². The minimum atomic E-state index is -4.02. The number of carbonyl (C=O) groups is 1. The first-order valence-electron chi connectivity index (χ1n) is 7.59. The zero-order valence-electron chi connectivity index (χ0n) is 13.4. The summed E-state index contributed by atoms with van der Waals surface area (Å²) in [6.45, 7) is 0. The molecule has 0 spiro atoms. The van der Waals surface area contributed by atoms with E-state index in [1.807, 2.05) is 22.6 Å². The fourth-order valence-electron chi connectivity index (χ4n) is 2.49. The van der Waals surface area contributed by atoms with Gasteiger partial charge in [-0.3, -0.25) is 0 Å². The van der Waals surface area contributed by atoms with E-state index in [1.165, 1.54) is 22.5 Å². The van der Waals surface area contributed by atoms with Crippen LogP contribution in [0, 0.1) is 3.57 Å². The van der Waals surface area contributed by atoms with Crippen molar-refractivity contribution >= 4 is 50.0 Å². The van der Waals surface area contributed by atoms with Gasteiger partial charge in [-0.1, -0.05) is 36.4 Å². The summed E-state index contributed by atoms with van der Waals surface area (Å²) in [6.07, 6.45) is 0. The molecule has 0 radical (unpaired) electrons. The second-order valence-corrected chi connectivity index (χ2v) is 8.45. The maximum atomic E-state index is 13.4. The van der Waals surface area contributed by atoms with Gasteiger partial charge in [0.1, 0.15) is 0 Å². The fourth-order valence-corrected chi connectivity index (χ4v) is 4.94. The van der Waals surface area contributed by atoms with Crippen LogP contribution in [0.15, 0.2) is 83.8 Å². The van der Waals surface area contributed by atoms with Crippen molar-refractivity contribution in [2.75, 3.05) is 4.31 Å². The molecule has 0 saturated carbocycles. The zero-order chi connectivity index (χ0) is 18.7. The van der Waals surface area contributed by atoms with Gasteiger partial charge < -0.3 is 5.11 Å². The van der Waals surface area contributed by atoms with Crippen molar-refractivity contribution in [3.8, 4) is 0 Å². The molecule has 0 amide bonds. The number of sulfonamides is 1. The quantitative estimate of drug-likeness (QED) is 0.547. The van der Waals surface area contributed by atoms with Gasteiger partial charge in [0.05, 0.1) is 21.8 Å². The van der Waals surface area contributed by atoms with Crippen molar-refractivity contribution in [1.82, 2.24) is 0 Å². The predicted molar refractivity (Wildman–Crippen MR) is 108 cm³/mol. The van der Waals surface area contributed by atoms with Gasteiger partial charge in [-0.15, -0.1) is 0 Å². The Kier molecular flexibility index (Phi) is 5.28. The number of rotatable bonds is 5. The van der Waals surface area contributed by atoms with Crippen molar-refractivity contribution in [1.29, 1.82) is 0 Å². The fraction of sp³-hybridized carbons (Fsp3) is 0. The Hall–Kier alpha value is -2.39. The summed E-state index contributed by atoms with van der Waals surface area (Å²) >= 11 is 1.91. The number of para-hydroxylation sites is 2. The van der Waals surface area contributed by atoms with Gasteiger partial charge in [0.2, 0.25) is 0 Å². The van der Waals surface area contributed by atoms with Gasteiger partial charge in [0, 0.05) is 3.57 Å². The van der Waals surface area contributed by atoms with Gasteiger partial charge in [-0.2, -0.15) is 0 Å². The summed E-state index contributed by atoms with van der Waals surface area (Å²) in [7, 11) is -4.02. The Bertz CT molecular complexity index is 998. The first kappa shape index (κ1) is 18.4. The molecular formula is C19H14INO4S. The number of hydrogen-bond acceptors (Lipinski definition) is 3. The van der Waals surface area contributed by atoms with Crippen LogP contribution in [0.3, 0.4) is 0 Å². The number of anilines is 2. The number of benzene rings is 3. The lowest BCUT2D eigenvalue weighted by molar-refractivity contribution is 0.0696. The highest BCUT2D eigenvalue weighted by Gasteiger charge is 2.27. The Morgan fingerprint density at radius 2 is 1.35 bits per heavy atom. The van der Waals surface area contributed by atoms with E-state index in [2.05, 4.69) is 0 Å². The molecule has 0 fully saturated rings. The molecule has 3 aromatic carbocycles. The first-order chi connectivity index (χ1) is 12.4. The number of aromatic carboxylic acids is 1. The molecule has 0 heterocycles. The topological polar surface area (TPSA) is 74.7 Å². The summed E-state index contributed by atoms with van der Waals surface area (Å²) in [5.41, 5.74) is 0.862. The molecule has 0 bridgehead atoms. The summed E-state index contributed by atoms with van der Waals surface area (Å²) in [4.78, 5) is 11.3. The van der Waals surface area contributed by atoms with E-state index in [1.54, 1.807) is 60.7 Å². The monoisotopic (exact) mass is 479 g/mol. The second kappa shape index (κ2) is 7.46. The van der Waals surface area contributed by atoms with Gasteiger partial charge in [0.15, 0.2) is 0 Å². The van der Waals surface area contributed by atoms with Crippen LogP contribution < -0.4 is 4.31 Å². The maximum absolute atomic E-state index is 13.4.